The number of hydrogen-bond donors (Lipinski definition) is 0. The number of thioether (sulfide) groups is 1. The number of hydrogen-bond acceptors (Lipinski definition) is 4. The van der Waals surface area contributed by atoms with Crippen LogP contribution in [0.3, 0.4) is 0 Å². The van der Waals surface area contributed by atoms with Gasteiger partial charge in [0.05, 0.1) is 16.7 Å². The lowest BCUT2D eigenvalue weighted by molar-refractivity contribution is 0.783. The SMILES string of the molecule is Cc1ccc(-n2ccnc2SCc2nc3ccccc3c(=O)n2C)cc1C. The molecule has 0 fully saturated rings. The highest BCUT2D eigenvalue weighted by Gasteiger charge is 2.11. The lowest BCUT2D eigenvalue weighted by Gasteiger charge is -2.11. The zero-order valence-electron chi connectivity index (χ0n) is 15.5. The van der Waals surface area contributed by atoms with Crippen LogP contribution < -0.4 is 5.56 Å². The Labute approximate surface area is 161 Å². The van der Waals surface area contributed by atoms with Crippen LogP contribution in [0.5, 0.6) is 0 Å². The summed E-state index contributed by atoms with van der Waals surface area (Å²) in [6.45, 7) is 4.21. The van der Waals surface area contributed by atoms with Gasteiger partial charge in [-0.25, -0.2) is 9.97 Å². The fraction of sp³-hybridized carbons (Fsp3) is 0.190. The van der Waals surface area contributed by atoms with E-state index in [0.717, 1.165) is 22.2 Å². The molecular formula is C21H20N4OS. The molecule has 0 radical (unpaired) electrons. The summed E-state index contributed by atoms with van der Waals surface area (Å²) in [4.78, 5) is 21.7. The first-order valence-corrected chi connectivity index (χ1v) is 9.71. The summed E-state index contributed by atoms with van der Waals surface area (Å²) in [5.74, 6) is 1.30. The highest BCUT2D eigenvalue weighted by atomic mass is 32.2. The van der Waals surface area contributed by atoms with E-state index in [9.17, 15) is 4.79 Å². The minimum atomic E-state index is -0.0197. The summed E-state index contributed by atoms with van der Waals surface area (Å²) in [6.07, 6.45) is 3.75. The normalized spacial score (nSPS) is 11.2. The molecule has 5 nitrogen and oxygen atoms in total. The number of para-hydroxylation sites is 1. The molecule has 0 unspecified atom stereocenters. The fourth-order valence-electron chi connectivity index (χ4n) is 2.99. The van der Waals surface area contributed by atoms with Gasteiger partial charge in [-0.3, -0.25) is 13.9 Å². The van der Waals surface area contributed by atoms with Gasteiger partial charge in [0.2, 0.25) is 0 Å². The number of benzene rings is 2. The fourth-order valence-corrected chi connectivity index (χ4v) is 3.95. The van der Waals surface area contributed by atoms with Gasteiger partial charge < -0.3 is 0 Å². The molecule has 27 heavy (non-hydrogen) atoms. The number of rotatable bonds is 4. The Morgan fingerprint density at radius 3 is 2.70 bits per heavy atom. The predicted octanol–water partition coefficient (Wildman–Crippen LogP) is 4.03. The molecule has 136 valence electrons. The van der Waals surface area contributed by atoms with Crippen molar-refractivity contribution >= 4 is 22.7 Å². The summed E-state index contributed by atoms with van der Waals surface area (Å²) in [6, 6.07) is 13.8. The second-order valence-corrected chi connectivity index (χ2v) is 7.49. The molecule has 0 aliphatic carbocycles. The third-order valence-corrected chi connectivity index (χ3v) is 5.74. The Balaban J connectivity index is 1.65. The Bertz CT molecular complexity index is 1190. The maximum absolute atomic E-state index is 12.6. The molecule has 0 atom stereocenters. The first-order chi connectivity index (χ1) is 13.0. The molecule has 0 amide bonds. The summed E-state index contributed by atoms with van der Waals surface area (Å²) >= 11 is 1.57. The van der Waals surface area contributed by atoms with Crippen LogP contribution in [-0.4, -0.2) is 19.1 Å². The second-order valence-electron chi connectivity index (χ2n) is 6.55. The van der Waals surface area contributed by atoms with Crippen molar-refractivity contribution in [2.45, 2.75) is 24.8 Å². The van der Waals surface area contributed by atoms with Gasteiger partial charge in [0.1, 0.15) is 5.82 Å². The van der Waals surface area contributed by atoms with E-state index in [1.165, 1.54) is 11.1 Å². The molecule has 4 aromatic rings. The van der Waals surface area contributed by atoms with Crippen molar-refractivity contribution in [2.24, 2.45) is 7.05 Å². The smallest absolute Gasteiger partial charge is 0.261 e. The molecule has 2 aromatic heterocycles. The number of imidazole rings is 1. The van der Waals surface area contributed by atoms with Gasteiger partial charge in [-0.2, -0.15) is 0 Å². The molecule has 0 N–H and O–H groups in total. The molecule has 0 bridgehead atoms. The van der Waals surface area contributed by atoms with Gasteiger partial charge in [-0.05, 0) is 49.2 Å². The molecule has 0 saturated heterocycles. The van der Waals surface area contributed by atoms with E-state index in [4.69, 9.17) is 0 Å². The van der Waals surface area contributed by atoms with E-state index in [1.807, 2.05) is 30.5 Å². The molecule has 0 saturated carbocycles. The highest BCUT2D eigenvalue weighted by Crippen LogP contribution is 2.24. The Morgan fingerprint density at radius 2 is 1.89 bits per heavy atom. The van der Waals surface area contributed by atoms with Crippen LogP contribution in [0.2, 0.25) is 0 Å². The van der Waals surface area contributed by atoms with Gasteiger partial charge in [-0.15, -0.1) is 0 Å². The van der Waals surface area contributed by atoms with Gasteiger partial charge >= 0.3 is 0 Å². The lowest BCUT2D eigenvalue weighted by atomic mass is 10.1. The molecule has 0 aliphatic heterocycles. The van der Waals surface area contributed by atoms with Crippen LogP contribution in [0.1, 0.15) is 17.0 Å². The lowest BCUT2D eigenvalue weighted by Crippen LogP contribution is -2.21. The molecule has 0 aliphatic rings. The maximum atomic E-state index is 12.6. The summed E-state index contributed by atoms with van der Waals surface area (Å²) in [5, 5.41) is 1.52. The standard InChI is InChI=1S/C21H20N4OS/c1-14-8-9-16(12-15(14)2)25-11-10-22-21(25)27-13-19-23-18-7-5-4-6-17(18)20(26)24(19)3/h4-12H,13H2,1-3H3. The van der Waals surface area contributed by atoms with Crippen molar-refractivity contribution in [2.75, 3.05) is 0 Å². The average Bonchev–Trinajstić information content (AvgIpc) is 3.14. The third kappa shape index (κ3) is 3.28. The minimum absolute atomic E-state index is 0.0197. The van der Waals surface area contributed by atoms with E-state index in [0.29, 0.717) is 11.1 Å². The van der Waals surface area contributed by atoms with Crippen LogP contribution in [0.15, 0.2) is 64.8 Å². The minimum Gasteiger partial charge on any atom is -0.299 e. The van der Waals surface area contributed by atoms with Crippen LogP contribution in [0, 0.1) is 13.8 Å². The zero-order chi connectivity index (χ0) is 19.0. The Hall–Kier alpha value is -2.86. The summed E-state index contributed by atoms with van der Waals surface area (Å²) in [5.41, 5.74) is 4.31. The maximum Gasteiger partial charge on any atom is 0.261 e. The quantitative estimate of drug-likeness (QED) is 0.505. The second kappa shape index (κ2) is 7.04. The number of aromatic nitrogens is 4. The van der Waals surface area contributed by atoms with Gasteiger partial charge in [-0.1, -0.05) is 30.0 Å². The molecular weight excluding hydrogens is 356 g/mol. The zero-order valence-corrected chi connectivity index (χ0v) is 16.3. The first kappa shape index (κ1) is 17.5. The third-order valence-electron chi connectivity index (χ3n) is 4.78. The molecule has 6 heteroatoms. The van der Waals surface area contributed by atoms with Crippen molar-refractivity contribution in [1.82, 2.24) is 19.1 Å². The van der Waals surface area contributed by atoms with E-state index in [2.05, 4.69) is 46.6 Å². The van der Waals surface area contributed by atoms with Gasteiger partial charge in [0, 0.05) is 25.1 Å². The van der Waals surface area contributed by atoms with Crippen molar-refractivity contribution in [3.8, 4) is 5.69 Å². The van der Waals surface area contributed by atoms with Crippen LogP contribution in [-0.2, 0) is 12.8 Å². The van der Waals surface area contributed by atoms with Crippen molar-refractivity contribution in [1.29, 1.82) is 0 Å². The Kier molecular flexibility index (Phi) is 4.58. The molecule has 2 aromatic carbocycles. The van der Waals surface area contributed by atoms with Crippen molar-refractivity contribution in [3.05, 3.63) is 82.2 Å². The predicted molar refractivity (Wildman–Crippen MR) is 110 cm³/mol. The van der Waals surface area contributed by atoms with Crippen molar-refractivity contribution in [3.63, 3.8) is 0 Å². The number of fused-ring (bicyclic) bond motifs is 1. The topological polar surface area (TPSA) is 52.7 Å². The van der Waals surface area contributed by atoms with Crippen LogP contribution >= 0.6 is 11.8 Å². The molecule has 2 heterocycles. The molecule has 0 spiro atoms. The largest absolute Gasteiger partial charge is 0.299 e. The van der Waals surface area contributed by atoms with E-state index < -0.39 is 0 Å². The molecule has 4 rings (SSSR count). The Morgan fingerprint density at radius 1 is 1.07 bits per heavy atom. The van der Waals surface area contributed by atoms with Gasteiger partial charge in [0.15, 0.2) is 5.16 Å². The highest BCUT2D eigenvalue weighted by molar-refractivity contribution is 7.98. The van der Waals surface area contributed by atoms with Crippen molar-refractivity contribution < 1.29 is 0 Å². The summed E-state index contributed by atoms with van der Waals surface area (Å²) in [7, 11) is 1.77. The first-order valence-electron chi connectivity index (χ1n) is 8.73. The van der Waals surface area contributed by atoms with E-state index in [-0.39, 0.29) is 5.56 Å². The van der Waals surface area contributed by atoms with Gasteiger partial charge in [0.25, 0.3) is 5.56 Å². The van der Waals surface area contributed by atoms with Crippen LogP contribution in [0.4, 0.5) is 0 Å². The van der Waals surface area contributed by atoms with Crippen LogP contribution in [0.25, 0.3) is 16.6 Å². The number of aryl methyl sites for hydroxylation is 2. The monoisotopic (exact) mass is 376 g/mol. The summed E-state index contributed by atoms with van der Waals surface area (Å²) < 4.78 is 3.69. The number of nitrogens with zero attached hydrogens (tertiary/aromatic N) is 4. The van der Waals surface area contributed by atoms with E-state index >= 15 is 0 Å². The average molecular weight is 376 g/mol. The van der Waals surface area contributed by atoms with E-state index in [1.54, 1.807) is 29.6 Å².